The van der Waals surface area contributed by atoms with Crippen LogP contribution in [0.15, 0.2) is 64.6 Å². The van der Waals surface area contributed by atoms with Crippen molar-refractivity contribution in [3.05, 3.63) is 65.7 Å². The summed E-state index contributed by atoms with van der Waals surface area (Å²) >= 11 is 1.81. The largest absolute Gasteiger partial charge is 0.348 e. The summed E-state index contributed by atoms with van der Waals surface area (Å²) in [6, 6.07) is 18.7. The van der Waals surface area contributed by atoms with Gasteiger partial charge in [0.1, 0.15) is 0 Å². The van der Waals surface area contributed by atoms with Crippen LogP contribution in [0, 0.1) is 0 Å². The number of carbonyl (C=O) groups excluding carboxylic acids is 1. The highest BCUT2D eigenvalue weighted by Gasteiger charge is 2.18. The molecule has 0 aliphatic carbocycles. The number of amides is 1. The molecule has 2 aromatic carbocycles. The van der Waals surface area contributed by atoms with Crippen molar-refractivity contribution in [1.29, 1.82) is 0 Å². The number of amidine groups is 1. The average Bonchev–Trinajstić information content (AvgIpc) is 2.55. The van der Waals surface area contributed by atoms with Gasteiger partial charge in [-0.15, -0.1) is 11.8 Å². The van der Waals surface area contributed by atoms with Gasteiger partial charge in [0.15, 0.2) is 5.84 Å². The van der Waals surface area contributed by atoms with Gasteiger partial charge in [0, 0.05) is 23.3 Å². The quantitative estimate of drug-likeness (QED) is 0.883. The minimum absolute atomic E-state index is 0.0821. The molecule has 0 aromatic heterocycles. The molecule has 0 atom stereocenters. The van der Waals surface area contributed by atoms with E-state index in [1.54, 1.807) is 11.8 Å². The molecule has 0 saturated heterocycles. The number of hydrazone groups is 1. The van der Waals surface area contributed by atoms with Crippen LogP contribution in [-0.4, -0.2) is 30.2 Å². The molecule has 0 radical (unpaired) electrons. The summed E-state index contributed by atoms with van der Waals surface area (Å²) in [6.45, 7) is 0.337. The van der Waals surface area contributed by atoms with E-state index >= 15 is 0 Å². The number of carbonyl (C=O) groups is 1. The maximum atomic E-state index is 11.3. The van der Waals surface area contributed by atoms with E-state index in [0.29, 0.717) is 6.54 Å². The Morgan fingerprint density at radius 3 is 2.55 bits per heavy atom. The Hall–Kier alpha value is -2.27. The lowest BCUT2D eigenvalue weighted by Crippen LogP contribution is -2.43. The number of nitrogens with one attached hydrogen (secondary N) is 1. The first-order valence-corrected chi connectivity index (χ1v) is 8.06. The first-order valence-electron chi connectivity index (χ1n) is 7.07. The average molecular weight is 311 g/mol. The summed E-state index contributed by atoms with van der Waals surface area (Å²) in [6.07, 6.45) is 0. The van der Waals surface area contributed by atoms with Gasteiger partial charge in [0.2, 0.25) is 0 Å². The number of benzene rings is 2. The van der Waals surface area contributed by atoms with Crippen molar-refractivity contribution in [3.8, 4) is 0 Å². The number of hydrogen-bond acceptors (Lipinski definition) is 4. The molecule has 0 saturated carbocycles. The normalized spacial score (nSPS) is 14.5. The van der Waals surface area contributed by atoms with Gasteiger partial charge in [-0.25, -0.2) is 5.43 Å². The number of thioether (sulfide) groups is 1. The minimum Gasteiger partial charge on any atom is -0.348 e. The van der Waals surface area contributed by atoms with Crippen molar-refractivity contribution < 1.29 is 4.79 Å². The first-order chi connectivity index (χ1) is 10.7. The van der Waals surface area contributed by atoms with E-state index in [1.165, 1.54) is 10.5 Å². The van der Waals surface area contributed by atoms with Gasteiger partial charge in [-0.1, -0.05) is 42.5 Å². The summed E-state index contributed by atoms with van der Waals surface area (Å²) in [5.41, 5.74) is 4.85. The molecule has 112 valence electrons. The van der Waals surface area contributed by atoms with E-state index in [4.69, 9.17) is 0 Å². The van der Waals surface area contributed by atoms with Crippen molar-refractivity contribution in [3.63, 3.8) is 0 Å². The van der Waals surface area contributed by atoms with E-state index in [2.05, 4.69) is 46.9 Å². The summed E-state index contributed by atoms with van der Waals surface area (Å²) < 4.78 is 0. The third-order valence-corrected chi connectivity index (χ3v) is 4.47. The zero-order valence-electron chi connectivity index (χ0n) is 12.3. The van der Waals surface area contributed by atoms with Gasteiger partial charge >= 0.3 is 0 Å². The van der Waals surface area contributed by atoms with Crippen molar-refractivity contribution in [2.45, 2.75) is 10.6 Å². The topological polar surface area (TPSA) is 44.7 Å². The zero-order chi connectivity index (χ0) is 15.4. The van der Waals surface area contributed by atoms with E-state index in [-0.39, 0.29) is 5.91 Å². The van der Waals surface area contributed by atoms with Gasteiger partial charge in [0.25, 0.3) is 5.91 Å². The van der Waals surface area contributed by atoms with Gasteiger partial charge < -0.3 is 4.90 Å². The van der Waals surface area contributed by atoms with Crippen molar-refractivity contribution in [2.75, 3.05) is 13.6 Å². The maximum Gasteiger partial charge on any atom is 0.259 e. The minimum atomic E-state index is -0.0821. The molecule has 22 heavy (non-hydrogen) atoms. The van der Waals surface area contributed by atoms with Crippen LogP contribution in [0.5, 0.6) is 0 Å². The van der Waals surface area contributed by atoms with Crippen LogP contribution in [-0.2, 0) is 10.5 Å². The third-order valence-electron chi connectivity index (χ3n) is 3.39. The van der Waals surface area contributed by atoms with Crippen LogP contribution in [0.3, 0.4) is 0 Å². The van der Waals surface area contributed by atoms with Crippen LogP contribution >= 0.6 is 11.8 Å². The lowest BCUT2D eigenvalue weighted by Gasteiger charge is -2.24. The first kappa shape index (κ1) is 14.7. The Morgan fingerprint density at radius 1 is 1.14 bits per heavy atom. The summed E-state index contributed by atoms with van der Waals surface area (Å²) in [7, 11) is 1.87. The van der Waals surface area contributed by atoms with Gasteiger partial charge in [0.05, 0.1) is 6.54 Å². The lowest BCUT2D eigenvalue weighted by molar-refractivity contribution is -0.121. The monoisotopic (exact) mass is 311 g/mol. The van der Waals surface area contributed by atoms with E-state index < -0.39 is 0 Å². The number of likely N-dealkylation sites (N-methyl/N-ethyl adjacent to an activating group) is 1. The summed E-state index contributed by atoms with van der Waals surface area (Å²) in [5.74, 6) is 1.66. The Labute approximate surface area is 134 Å². The van der Waals surface area contributed by atoms with E-state index in [0.717, 1.165) is 17.2 Å². The van der Waals surface area contributed by atoms with Crippen molar-refractivity contribution >= 4 is 23.5 Å². The molecule has 1 heterocycles. The lowest BCUT2D eigenvalue weighted by atomic mass is 10.2. The van der Waals surface area contributed by atoms with Crippen molar-refractivity contribution in [1.82, 2.24) is 10.3 Å². The molecular formula is C17H17N3OS. The second-order valence-corrected chi connectivity index (χ2v) is 6.17. The van der Waals surface area contributed by atoms with Crippen molar-refractivity contribution in [2.24, 2.45) is 5.10 Å². The molecule has 1 N–H and O–H groups in total. The molecule has 0 unspecified atom stereocenters. The second kappa shape index (κ2) is 6.66. The van der Waals surface area contributed by atoms with E-state index in [9.17, 15) is 4.79 Å². The van der Waals surface area contributed by atoms with Crippen LogP contribution in [0.2, 0.25) is 0 Å². The van der Waals surface area contributed by atoms with Crippen LogP contribution in [0.1, 0.15) is 11.1 Å². The Bertz CT molecular complexity index is 683. The fraction of sp³-hybridized carbons (Fsp3) is 0.176. The molecule has 0 spiro atoms. The highest BCUT2D eigenvalue weighted by molar-refractivity contribution is 7.98. The number of hydrogen-bond donors (Lipinski definition) is 1. The Kier molecular flexibility index (Phi) is 4.44. The fourth-order valence-electron chi connectivity index (χ4n) is 2.25. The molecule has 1 aliphatic heterocycles. The summed E-state index contributed by atoms with van der Waals surface area (Å²) in [5, 5.41) is 4.12. The fourth-order valence-corrected chi connectivity index (χ4v) is 3.11. The molecular weight excluding hydrogens is 294 g/mol. The van der Waals surface area contributed by atoms with Crippen LogP contribution in [0.4, 0.5) is 0 Å². The predicted molar refractivity (Wildman–Crippen MR) is 89.8 cm³/mol. The zero-order valence-corrected chi connectivity index (χ0v) is 13.1. The Morgan fingerprint density at radius 2 is 1.86 bits per heavy atom. The van der Waals surface area contributed by atoms with E-state index in [1.807, 2.05) is 30.1 Å². The van der Waals surface area contributed by atoms with Crippen LogP contribution in [0.25, 0.3) is 0 Å². The number of nitrogens with zero attached hydrogens (tertiary/aromatic N) is 2. The Balaban J connectivity index is 1.67. The van der Waals surface area contributed by atoms with Gasteiger partial charge in [-0.3, -0.25) is 4.79 Å². The molecule has 1 amide bonds. The molecule has 3 rings (SSSR count). The number of rotatable bonds is 4. The molecule has 4 nitrogen and oxygen atoms in total. The van der Waals surface area contributed by atoms with Crippen LogP contribution < -0.4 is 5.43 Å². The molecule has 1 aliphatic rings. The molecule has 0 fully saturated rings. The third kappa shape index (κ3) is 3.49. The standard InChI is InChI=1S/C17H17N3OS/c1-20-11-16(21)18-19-17(20)14-7-9-15(10-8-14)22-12-13-5-3-2-4-6-13/h2-10H,11-12H2,1H3,(H,18,21). The predicted octanol–water partition coefficient (Wildman–Crippen LogP) is 2.70. The smallest absolute Gasteiger partial charge is 0.259 e. The highest BCUT2D eigenvalue weighted by atomic mass is 32.2. The highest BCUT2D eigenvalue weighted by Crippen LogP contribution is 2.23. The molecule has 0 bridgehead atoms. The summed E-state index contributed by atoms with van der Waals surface area (Å²) in [4.78, 5) is 14.3. The van der Waals surface area contributed by atoms with Gasteiger partial charge in [-0.2, -0.15) is 5.10 Å². The second-order valence-electron chi connectivity index (χ2n) is 5.13. The van der Waals surface area contributed by atoms with Gasteiger partial charge in [-0.05, 0) is 17.7 Å². The SMILES string of the molecule is CN1CC(=O)NN=C1c1ccc(SCc2ccccc2)cc1. The maximum absolute atomic E-state index is 11.3. The molecule has 5 heteroatoms. The molecule has 2 aromatic rings.